The fraction of sp³-hybridized carbons (Fsp3) is 0.167. The van der Waals surface area contributed by atoms with Gasteiger partial charge in [0.25, 0.3) is 0 Å². The highest BCUT2D eigenvalue weighted by atomic mass is 79.9. The molecule has 214 valence electrons. The molecule has 0 aliphatic heterocycles. The second-order valence-corrected chi connectivity index (χ2v) is 11.5. The molecule has 0 saturated heterocycles. The first-order valence-corrected chi connectivity index (χ1v) is 13.9. The summed E-state index contributed by atoms with van der Waals surface area (Å²) in [6, 6.07) is 11.8. The Bertz CT molecular complexity index is 1940. The fourth-order valence-electron chi connectivity index (χ4n) is 3.63. The molecule has 0 atom stereocenters. The summed E-state index contributed by atoms with van der Waals surface area (Å²) in [6.07, 6.45) is -10.2. The Labute approximate surface area is 235 Å². The number of aromatic nitrogens is 5. The molecule has 3 aromatic heterocycles. The summed E-state index contributed by atoms with van der Waals surface area (Å²) >= 11 is 3.31. The molecule has 5 rings (SSSR count). The first-order chi connectivity index (χ1) is 19.2. The Morgan fingerprint density at radius 3 is 2.37 bits per heavy atom. The number of alkyl halides is 5. The Morgan fingerprint density at radius 1 is 1.00 bits per heavy atom. The van der Waals surface area contributed by atoms with Gasteiger partial charge in [-0.05, 0) is 48.5 Å². The van der Waals surface area contributed by atoms with Gasteiger partial charge in [0.05, 0.1) is 16.3 Å². The van der Waals surface area contributed by atoms with E-state index in [0.717, 1.165) is 27.4 Å². The Morgan fingerprint density at radius 2 is 1.71 bits per heavy atom. The maximum Gasteiger partial charge on any atom is 0.499 e. The lowest BCUT2D eigenvalue weighted by Crippen LogP contribution is -2.41. The second kappa shape index (κ2) is 10.1. The highest BCUT2D eigenvalue weighted by Gasteiger charge is 2.61. The zero-order valence-corrected chi connectivity index (χ0v) is 22.8. The van der Waals surface area contributed by atoms with Gasteiger partial charge >= 0.3 is 18.0 Å². The van der Waals surface area contributed by atoms with E-state index in [1.54, 1.807) is 24.3 Å². The van der Waals surface area contributed by atoms with E-state index in [-0.39, 0.29) is 33.3 Å². The second-order valence-electron chi connectivity index (χ2n) is 8.36. The van der Waals surface area contributed by atoms with Gasteiger partial charge in [0, 0.05) is 10.5 Å². The molecule has 0 saturated carbocycles. The molecule has 10 nitrogen and oxygen atoms in total. The number of hydrogen-bond acceptors (Lipinski definition) is 8. The van der Waals surface area contributed by atoms with Crippen LogP contribution in [0.15, 0.2) is 79.5 Å². The van der Waals surface area contributed by atoms with Gasteiger partial charge in [-0.15, -0.1) is 0 Å². The van der Waals surface area contributed by atoms with Crippen LogP contribution in [0.5, 0.6) is 5.75 Å². The van der Waals surface area contributed by atoms with Crippen LogP contribution >= 0.6 is 15.9 Å². The minimum absolute atomic E-state index is 0.0913. The SMILES string of the molecule is CCS(=O)(=O)c1ccc(-n2ncn(-c3ccc(Br)cc3)c2=O)nc1-c1nc2cc(OC(F)(F)C(F)(F)F)ccc2o1. The van der Waals surface area contributed by atoms with Crippen molar-refractivity contribution in [3.63, 3.8) is 0 Å². The Hall–Kier alpha value is -4.12. The standard InChI is InChI=1S/C24H15BrF5N5O5S/c1-2-41(37,38)18-9-10-19(35-22(36)34(12-31-35)14-5-3-13(25)4-6-14)33-20(18)21-32-16-11-15(7-8-17(16)39-21)40-24(29,30)23(26,27)28/h3-12H,2H2,1H3. The number of sulfone groups is 1. The van der Waals surface area contributed by atoms with Crippen LogP contribution in [0.3, 0.4) is 0 Å². The molecule has 0 amide bonds. The molecule has 3 heterocycles. The van der Waals surface area contributed by atoms with E-state index in [9.17, 15) is 35.2 Å². The first kappa shape index (κ1) is 28.4. The van der Waals surface area contributed by atoms with Crippen molar-refractivity contribution in [1.29, 1.82) is 0 Å². The number of nitrogens with zero attached hydrogens (tertiary/aromatic N) is 5. The molecule has 2 aromatic carbocycles. The number of ether oxygens (including phenoxy) is 1. The molecule has 0 radical (unpaired) electrons. The average Bonchev–Trinajstić information content (AvgIpc) is 3.51. The van der Waals surface area contributed by atoms with Crippen LogP contribution in [-0.4, -0.2) is 50.8 Å². The van der Waals surface area contributed by atoms with Crippen LogP contribution in [0.1, 0.15) is 6.92 Å². The zero-order chi connectivity index (χ0) is 29.7. The first-order valence-electron chi connectivity index (χ1n) is 11.4. The summed E-state index contributed by atoms with van der Waals surface area (Å²) in [4.78, 5) is 21.1. The number of halogens is 6. The van der Waals surface area contributed by atoms with Crippen LogP contribution < -0.4 is 10.4 Å². The van der Waals surface area contributed by atoms with E-state index in [2.05, 4.69) is 35.7 Å². The third kappa shape index (κ3) is 5.33. The van der Waals surface area contributed by atoms with Crippen molar-refractivity contribution >= 4 is 36.9 Å². The van der Waals surface area contributed by atoms with Crippen LogP contribution in [-0.2, 0) is 9.84 Å². The predicted molar refractivity (Wildman–Crippen MR) is 137 cm³/mol. The van der Waals surface area contributed by atoms with E-state index in [4.69, 9.17) is 4.42 Å². The molecule has 0 unspecified atom stereocenters. The van der Waals surface area contributed by atoms with Gasteiger partial charge in [-0.1, -0.05) is 22.9 Å². The number of fused-ring (bicyclic) bond motifs is 1. The van der Waals surface area contributed by atoms with Crippen LogP contribution in [0.4, 0.5) is 22.0 Å². The van der Waals surface area contributed by atoms with E-state index >= 15 is 0 Å². The molecule has 0 spiro atoms. The van der Waals surface area contributed by atoms with Crippen molar-refractivity contribution in [1.82, 2.24) is 24.3 Å². The smallest absolute Gasteiger partial charge is 0.435 e. The third-order valence-corrected chi connectivity index (χ3v) is 7.98. The number of pyridine rings is 1. The fourth-order valence-corrected chi connectivity index (χ4v) is 4.91. The maximum absolute atomic E-state index is 13.4. The van der Waals surface area contributed by atoms with Crippen LogP contribution in [0.25, 0.3) is 34.2 Å². The summed E-state index contributed by atoms with van der Waals surface area (Å²) in [5.74, 6) is -1.72. The normalized spacial score (nSPS) is 12.7. The minimum Gasteiger partial charge on any atom is -0.435 e. The van der Waals surface area contributed by atoms with Crippen LogP contribution in [0.2, 0.25) is 0 Å². The molecular weight excluding hydrogens is 645 g/mol. The summed E-state index contributed by atoms with van der Waals surface area (Å²) in [7, 11) is -3.94. The van der Waals surface area contributed by atoms with Crippen molar-refractivity contribution in [2.75, 3.05) is 5.75 Å². The monoisotopic (exact) mass is 659 g/mol. The molecule has 0 aliphatic rings. The van der Waals surface area contributed by atoms with E-state index in [1.165, 1.54) is 30.0 Å². The van der Waals surface area contributed by atoms with Gasteiger partial charge in [0.15, 0.2) is 21.2 Å². The van der Waals surface area contributed by atoms with Gasteiger partial charge in [-0.3, -0.25) is 0 Å². The zero-order valence-electron chi connectivity index (χ0n) is 20.4. The van der Waals surface area contributed by atoms with Crippen molar-refractivity contribution in [2.45, 2.75) is 24.1 Å². The molecule has 0 bridgehead atoms. The van der Waals surface area contributed by atoms with Crippen LogP contribution in [0, 0.1) is 0 Å². The van der Waals surface area contributed by atoms with E-state index < -0.39 is 39.5 Å². The number of oxazole rings is 1. The predicted octanol–water partition coefficient (Wildman–Crippen LogP) is 5.32. The largest absolute Gasteiger partial charge is 0.499 e. The molecule has 0 aliphatic carbocycles. The Kier molecular flexibility index (Phi) is 6.97. The molecule has 17 heteroatoms. The van der Waals surface area contributed by atoms with Gasteiger partial charge in [-0.2, -0.15) is 31.7 Å². The molecule has 41 heavy (non-hydrogen) atoms. The minimum atomic E-state index is -5.97. The van der Waals surface area contributed by atoms with Gasteiger partial charge < -0.3 is 9.15 Å². The van der Waals surface area contributed by atoms with Gasteiger partial charge in [0.2, 0.25) is 5.89 Å². The van der Waals surface area contributed by atoms with E-state index in [1.807, 2.05) is 0 Å². The Balaban J connectivity index is 1.61. The van der Waals surface area contributed by atoms with E-state index in [0.29, 0.717) is 5.69 Å². The number of rotatable bonds is 7. The number of hydrogen-bond donors (Lipinski definition) is 0. The lowest BCUT2D eigenvalue weighted by molar-refractivity contribution is -0.360. The summed E-state index contributed by atoms with van der Waals surface area (Å²) in [5, 5.41) is 4.05. The summed E-state index contributed by atoms with van der Waals surface area (Å²) < 4.78 is 102. The molecule has 0 N–H and O–H groups in total. The van der Waals surface area contributed by atoms with Crippen molar-refractivity contribution in [2.24, 2.45) is 0 Å². The molecule has 5 aromatic rings. The van der Waals surface area contributed by atoms with Gasteiger partial charge in [0.1, 0.15) is 23.3 Å². The molecular formula is C24H15BrF5N5O5S. The topological polar surface area (TPSA) is 122 Å². The third-order valence-electron chi connectivity index (χ3n) is 5.69. The lowest BCUT2D eigenvalue weighted by Gasteiger charge is -2.19. The van der Waals surface area contributed by atoms with Crippen molar-refractivity contribution in [3.8, 4) is 28.8 Å². The highest BCUT2D eigenvalue weighted by Crippen LogP contribution is 2.38. The quantitative estimate of drug-likeness (QED) is 0.215. The van der Waals surface area contributed by atoms with Crippen molar-refractivity contribution in [3.05, 3.63) is 75.9 Å². The highest BCUT2D eigenvalue weighted by molar-refractivity contribution is 9.10. The van der Waals surface area contributed by atoms with Crippen molar-refractivity contribution < 1.29 is 39.5 Å². The van der Waals surface area contributed by atoms with Gasteiger partial charge in [-0.25, -0.2) is 27.7 Å². The molecule has 0 fully saturated rings. The average molecular weight is 660 g/mol. The summed E-state index contributed by atoms with van der Waals surface area (Å²) in [5.41, 5.74) is -0.802. The summed E-state index contributed by atoms with van der Waals surface area (Å²) in [6.45, 7) is 1.38. The lowest BCUT2D eigenvalue weighted by atomic mass is 10.3. The maximum atomic E-state index is 13.4. The number of benzene rings is 2.